The molecule has 10 rings (SSSR count). The predicted molar refractivity (Wildman–Crippen MR) is 219 cm³/mol. The Morgan fingerprint density at radius 1 is 0.315 bits per heavy atom. The van der Waals surface area contributed by atoms with Crippen molar-refractivity contribution in [3.8, 4) is 11.1 Å². The molecule has 8 aromatic rings. The predicted octanol–water partition coefficient (Wildman–Crippen LogP) is 12.2. The first-order valence-corrected chi connectivity index (χ1v) is 18.5. The largest absolute Gasteiger partial charge is 0.467 e. The number of ether oxygens (including phenoxy) is 2. The number of hydrogen-bond acceptors (Lipinski definition) is 4. The molecule has 258 valence electrons. The van der Waals surface area contributed by atoms with Crippen LogP contribution in [-0.4, -0.2) is 11.8 Å². The van der Waals surface area contributed by atoms with Crippen LogP contribution in [0.1, 0.15) is 57.7 Å². The Labute approximate surface area is 314 Å². The lowest BCUT2D eigenvalue weighted by atomic mass is 9.87. The normalized spacial score (nSPS) is 19.3. The maximum atomic E-state index is 7.03. The van der Waals surface area contributed by atoms with Crippen LogP contribution in [0.2, 0.25) is 0 Å². The first kappa shape index (κ1) is 31.9. The molecule has 4 nitrogen and oxygen atoms in total. The van der Waals surface area contributed by atoms with Crippen molar-refractivity contribution in [1.82, 2.24) is 0 Å². The van der Waals surface area contributed by atoms with Gasteiger partial charge in [-0.3, -0.25) is 0 Å². The van der Waals surface area contributed by atoms with E-state index in [2.05, 4.69) is 170 Å². The van der Waals surface area contributed by atoms with Gasteiger partial charge in [0.2, 0.25) is 11.8 Å². The quantitative estimate of drug-likeness (QED) is 0.166. The molecule has 2 aliphatic rings. The Balaban J connectivity index is 1.21. The summed E-state index contributed by atoms with van der Waals surface area (Å²) in [5.74, 6) is 1.24. The summed E-state index contributed by atoms with van der Waals surface area (Å²) in [4.78, 5) is 10.8. The van der Waals surface area contributed by atoms with Crippen LogP contribution in [0.25, 0.3) is 32.7 Å². The highest BCUT2D eigenvalue weighted by atomic mass is 16.5. The molecule has 54 heavy (non-hydrogen) atoms. The lowest BCUT2D eigenvalue weighted by Gasteiger charge is -2.21. The SMILES string of the molecule is c1ccc([C@H]2OC(c3ccc4ccccc4c3-c3c(C4=N[C@@H](c5ccccc5)[C@@H](c5ccccc5)O4)ccc4ccccc34)=N[C@H]2c2ccccc2)cc1. The van der Waals surface area contributed by atoms with Crippen molar-refractivity contribution < 1.29 is 9.47 Å². The zero-order valence-corrected chi connectivity index (χ0v) is 29.5. The average Bonchev–Trinajstić information content (AvgIpc) is 3.91. The van der Waals surface area contributed by atoms with E-state index in [1.807, 2.05) is 24.3 Å². The van der Waals surface area contributed by atoms with Crippen LogP contribution in [0, 0.1) is 0 Å². The van der Waals surface area contributed by atoms with E-state index >= 15 is 0 Å². The van der Waals surface area contributed by atoms with Gasteiger partial charge in [-0.15, -0.1) is 0 Å². The number of fused-ring (bicyclic) bond motifs is 2. The molecule has 0 unspecified atom stereocenters. The van der Waals surface area contributed by atoms with Gasteiger partial charge in [-0.2, -0.15) is 0 Å². The Bertz CT molecular complexity index is 2490. The Kier molecular flexibility index (Phi) is 8.07. The Morgan fingerprint density at radius 3 is 1.04 bits per heavy atom. The lowest BCUT2D eigenvalue weighted by molar-refractivity contribution is 0.197. The van der Waals surface area contributed by atoms with E-state index in [9.17, 15) is 0 Å². The maximum absolute atomic E-state index is 7.03. The molecule has 0 spiro atoms. The van der Waals surface area contributed by atoms with E-state index < -0.39 is 0 Å². The monoisotopic (exact) mass is 696 g/mol. The van der Waals surface area contributed by atoms with E-state index in [4.69, 9.17) is 19.5 Å². The van der Waals surface area contributed by atoms with Crippen LogP contribution in [0.4, 0.5) is 0 Å². The van der Waals surface area contributed by atoms with E-state index in [0.717, 1.165) is 66.1 Å². The van der Waals surface area contributed by atoms with Crippen molar-refractivity contribution >= 4 is 33.3 Å². The highest BCUT2D eigenvalue weighted by molar-refractivity contribution is 6.19. The number of aliphatic imine (C=N–C) groups is 2. The zero-order valence-electron chi connectivity index (χ0n) is 29.5. The third-order valence-electron chi connectivity index (χ3n) is 10.7. The van der Waals surface area contributed by atoms with Gasteiger partial charge in [0.1, 0.15) is 12.1 Å². The second-order valence-corrected chi connectivity index (χ2v) is 13.9. The van der Waals surface area contributed by atoms with Crippen LogP contribution in [0.15, 0.2) is 204 Å². The van der Waals surface area contributed by atoms with Crippen LogP contribution in [0.3, 0.4) is 0 Å². The first-order valence-electron chi connectivity index (χ1n) is 18.5. The Morgan fingerprint density at radius 2 is 0.648 bits per heavy atom. The van der Waals surface area contributed by atoms with Gasteiger partial charge in [-0.05, 0) is 55.9 Å². The third kappa shape index (κ3) is 5.64. The lowest BCUT2D eigenvalue weighted by Crippen LogP contribution is -2.12. The molecule has 0 radical (unpaired) electrons. The van der Waals surface area contributed by atoms with E-state index in [1.165, 1.54) is 0 Å². The molecule has 0 amide bonds. The maximum Gasteiger partial charge on any atom is 0.218 e. The molecule has 4 heteroatoms. The van der Waals surface area contributed by atoms with Crippen LogP contribution < -0.4 is 0 Å². The molecule has 0 bridgehead atoms. The summed E-state index contributed by atoms with van der Waals surface area (Å²) in [5, 5.41) is 4.48. The minimum atomic E-state index is -0.282. The smallest absolute Gasteiger partial charge is 0.218 e. The molecular weight excluding hydrogens is 661 g/mol. The van der Waals surface area contributed by atoms with Crippen LogP contribution in [-0.2, 0) is 9.47 Å². The molecule has 0 aliphatic carbocycles. The molecule has 0 saturated heterocycles. The third-order valence-corrected chi connectivity index (χ3v) is 10.7. The highest BCUT2D eigenvalue weighted by Crippen LogP contribution is 2.47. The minimum Gasteiger partial charge on any atom is -0.467 e. The molecule has 8 aromatic carbocycles. The molecule has 0 fully saturated rings. The van der Waals surface area contributed by atoms with Gasteiger partial charge in [0.15, 0.2) is 12.2 Å². The van der Waals surface area contributed by atoms with E-state index in [1.54, 1.807) is 0 Å². The minimum absolute atomic E-state index is 0.212. The fraction of sp³-hybridized carbons (Fsp3) is 0.0800. The summed E-state index contributed by atoms with van der Waals surface area (Å²) in [5.41, 5.74) is 8.36. The number of benzene rings is 8. The molecule has 2 heterocycles. The second-order valence-electron chi connectivity index (χ2n) is 13.9. The zero-order chi connectivity index (χ0) is 35.8. The fourth-order valence-electron chi connectivity index (χ4n) is 8.11. The molecule has 0 saturated carbocycles. The molecule has 0 N–H and O–H groups in total. The van der Waals surface area contributed by atoms with Gasteiger partial charge < -0.3 is 9.47 Å². The van der Waals surface area contributed by atoms with Gasteiger partial charge in [-0.25, -0.2) is 9.98 Å². The van der Waals surface area contributed by atoms with Crippen molar-refractivity contribution in [2.75, 3.05) is 0 Å². The van der Waals surface area contributed by atoms with Crippen LogP contribution in [0.5, 0.6) is 0 Å². The summed E-state index contributed by atoms with van der Waals surface area (Å²) in [6.45, 7) is 0. The van der Waals surface area contributed by atoms with Crippen molar-refractivity contribution in [2.24, 2.45) is 9.98 Å². The average molecular weight is 697 g/mol. The fourth-order valence-corrected chi connectivity index (χ4v) is 8.11. The summed E-state index contributed by atoms with van der Waals surface area (Å²) >= 11 is 0. The van der Waals surface area contributed by atoms with Crippen molar-refractivity contribution in [2.45, 2.75) is 24.3 Å². The number of nitrogens with zero attached hydrogens (tertiary/aromatic N) is 2. The van der Waals surface area contributed by atoms with E-state index in [-0.39, 0.29) is 24.3 Å². The van der Waals surface area contributed by atoms with Gasteiger partial charge >= 0.3 is 0 Å². The standard InChI is InChI=1S/C50H36N2O2/c1-5-19-35(20-6-1)45-47(37-23-9-3-10-24-37)53-49(51-45)41-31-29-33-17-13-15-27-39(33)43(41)44-40-28-16-14-18-34(40)30-32-42(44)50-52-46(36-21-7-2-8-22-36)48(54-50)38-25-11-4-12-26-38/h1-32,45-48H/t45-,46-,47+,48+/m0/s1. The summed E-state index contributed by atoms with van der Waals surface area (Å²) in [6.07, 6.45) is -0.564. The molecule has 0 aromatic heterocycles. The van der Waals surface area contributed by atoms with E-state index in [0.29, 0.717) is 11.8 Å². The number of hydrogen-bond donors (Lipinski definition) is 0. The van der Waals surface area contributed by atoms with Gasteiger partial charge in [0, 0.05) is 22.3 Å². The van der Waals surface area contributed by atoms with Gasteiger partial charge in [0.05, 0.1) is 0 Å². The second kappa shape index (κ2) is 13.6. The molecule has 4 atom stereocenters. The van der Waals surface area contributed by atoms with Crippen molar-refractivity contribution in [3.63, 3.8) is 0 Å². The first-order chi connectivity index (χ1) is 26.8. The van der Waals surface area contributed by atoms with Gasteiger partial charge in [-0.1, -0.05) is 182 Å². The summed E-state index contributed by atoms with van der Waals surface area (Å²) in [6, 6.07) is 67.2. The summed E-state index contributed by atoms with van der Waals surface area (Å²) in [7, 11) is 0. The molecular formula is C50H36N2O2. The topological polar surface area (TPSA) is 43.2 Å². The van der Waals surface area contributed by atoms with Crippen molar-refractivity contribution in [1.29, 1.82) is 0 Å². The Hall–Kier alpha value is -6.78. The van der Waals surface area contributed by atoms with Crippen LogP contribution >= 0.6 is 0 Å². The number of rotatable bonds is 7. The highest BCUT2D eigenvalue weighted by Gasteiger charge is 2.38. The van der Waals surface area contributed by atoms with Crippen molar-refractivity contribution in [3.05, 3.63) is 228 Å². The molecule has 2 aliphatic heterocycles. The summed E-state index contributed by atoms with van der Waals surface area (Å²) < 4.78 is 14.1. The van der Waals surface area contributed by atoms with Gasteiger partial charge in [0.25, 0.3) is 0 Å².